The third-order valence-corrected chi connectivity index (χ3v) is 3.56. The van der Waals surface area contributed by atoms with Crippen molar-refractivity contribution in [2.45, 2.75) is 32.6 Å². The summed E-state index contributed by atoms with van der Waals surface area (Å²) in [7, 11) is 0. The summed E-state index contributed by atoms with van der Waals surface area (Å²) in [6.45, 7) is 2.30. The summed E-state index contributed by atoms with van der Waals surface area (Å²) >= 11 is 0. The Bertz CT molecular complexity index is 245. The molecule has 0 heterocycles. The minimum absolute atomic E-state index is 0.0484. The van der Waals surface area contributed by atoms with Crippen LogP contribution < -0.4 is 0 Å². The van der Waals surface area contributed by atoms with Crippen molar-refractivity contribution >= 4 is 12.3 Å². The molecule has 14 heavy (non-hydrogen) atoms. The number of ether oxygens (including phenoxy) is 1. The molecule has 0 N–H and O–H groups in total. The first-order chi connectivity index (χ1) is 6.69. The molecule has 0 aromatic rings. The zero-order chi connectivity index (χ0) is 10.2. The third kappa shape index (κ3) is 1.45. The van der Waals surface area contributed by atoms with Crippen molar-refractivity contribution in [3.05, 3.63) is 0 Å². The molecular weight excluding hydrogens is 180 g/mol. The highest BCUT2D eigenvalue weighted by Crippen LogP contribution is 2.60. The van der Waals surface area contributed by atoms with Gasteiger partial charge in [-0.15, -0.1) is 0 Å². The predicted octanol–water partition coefficient (Wildman–Crippen LogP) is 1.55. The summed E-state index contributed by atoms with van der Waals surface area (Å²) in [6.07, 6.45) is 4.91. The molecule has 2 aliphatic carbocycles. The van der Waals surface area contributed by atoms with Gasteiger partial charge in [-0.3, -0.25) is 4.79 Å². The molecule has 2 fully saturated rings. The van der Waals surface area contributed by atoms with Gasteiger partial charge < -0.3 is 9.53 Å². The third-order valence-electron chi connectivity index (χ3n) is 3.56. The lowest BCUT2D eigenvalue weighted by atomic mass is 9.48. The van der Waals surface area contributed by atoms with E-state index in [1.165, 1.54) is 0 Å². The molecule has 3 nitrogen and oxygen atoms in total. The summed E-state index contributed by atoms with van der Waals surface area (Å²) in [5.41, 5.74) is 0.336. The maximum atomic E-state index is 11.3. The molecule has 3 heteroatoms. The number of rotatable bonds is 3. The van der Waals surface area contributed by atoms with E-state index in [4.69, 9.17) is 4.74 Å². The lowest BCUT2D eigenvalue weighted by Gasteiger charge is -2.55. The van der Waals surface area contributed by atoms with Crippen LogP contribution in [0.15, 0.2) is 0 Å². The first-order valence-electron chi connectivity index (χ1n) is 5.31. The van der Waals surface area contributed by atoms with Crippen LogP contribution >= 0.6 is 0 Å². The topological polar surface area (TPSA) is 43.4 Å². The summed E-state index contributed by atoms with van der Waals surface area (Å²) < 4.78 is 4.95. The van der Waals surface area contributed by atoms with Crippen LogP contribution in [-0.4, -0.2) is 18.9 Å². The van der Waals surface area contributed by atoms with E-state index in [-0.39, 0.29) is 17.8 Å². The molecule has 78 valence electrons. The molecule has 2 aliphatic rings. The SMILES string of the molecule is CCOC(=O)C1CC2(CC(C=O)C2)C1. The largest absolute Gasteiger partial charge is 0.466 e. The Hall–Kier alpha value is -0.860. The highest BCUT2D eigenvalue weighted by atomic mass is 16.5. The molecule has 0 aromatic carbocycles. The summed E-state index contributed by atoms with van der Waals surface area (Å²) in [5.74, 6) is 0.327. The van der Waals surface area contributed by atoms with Crippen molar-refractivity contribution in [3.63, 3.8) is 0 Å². The van der Waals surface area contributed by atoms with Crippen LogP contribution in [0.4, 0.5) is 0 Å². The van der Waals surface area contributed by atoms with Gasteiger partial charge in [0.25, 0.3) is 0 Å². The number of esters is 1. The van der Waals surface area contributed by atoms with Crippen LogP contribution in [0, 0.1) is 17.3 Å². The minimum Gasteiger partial charge on any atom is -0.466 e. The van der Waals surface area contributed by atoms with Gasteiger partial charge in [0.2, 0.25) is 0 Å². The average molecular weight is 196 g/mol. The molecule has 0 aromatic heterocycles. The Kier molecular flexibility index (Phi) is 2.33. The van der Waals surface area contributed by atoms with Crippen molar-refractivity contribution in [1.82, 2.24) is 0 Å². The zero-order valence-electron chi connectivity index (χ0n) is 8.49. The summed E-state index contributed by atoms with van der Waals surface area (Å²) in [5, 5.41) is 0. The van der Waals surface area contributed by atoms with E-state index < -0.39 is 0 Å². The second kappa shape index (κ2) is 3.37. The molecule has 0 atom stereocenters. The van der Waals surface area contributed by atoms with Gasteiger partial charge in [-0.25, -0.2) is 0 Å². The molecule has 0 unspecified atom stereocenters. The van der Waals surface area contributed by atoms with Crippen molar-refractivity contribution in [2.24, 2.45) is 17.3 Å². The fraction of sp³-hybridized carbons (Fsp3) is 0.818. The maximum absolute atomic E-state index is 11.3. The van der Waals surface area contributed by atoms with E-state index in [0.717, 1.165) is 32.0 Å². The zero-order valence-corrected chi connectivity index (χ0v) is 8.49. The Morgan fingerprint density at radius 3 is 2.57 bits per heavy atom. The van der Waals surface area contributed by atoms with Gasteiger partial charge in [0.05, 0.1) is 12.5 Å². The number of aldehydes is 1. The van der Waals surface area contributed by atoms with Crippen LogP contribution in [0.1, 0.15) is 32.6 Å². The Morgan fingerprint density at radius 1 is 1.43 bits per heavy atom. The van der Waals surface area contributed by atoms with Gasteiger partial charge in [-0.1, -0.05) is 0 Å². The minimum atomic E-state index is -0.0484. The van der Waals surface area contributed by atoms with Crippen molar-refractivity contribution in [3.8, 4) is 0 Å². The molecule has 0 saturated heterocycles. The van der Waals surface area contributed by atoms with Gasteiger partial charge in [-0.05, 0) is 38.0 Å². The van der Waals surface area contributed by atoms with Gasteiger partial charge in [0.15, 0.2) is 0 Å². The standard InChI is InChI=1S/C11H16O3/c1-2-14-10(13)9-5-11(6-9)3-8(4-11)7-12/h7-9H,2-6H2,1H3. The summed E-state index contributed by atoms with van der Waals surface area (Å²) in [4.78, 5) is 21.8. The quantitative estimate of drug-likeness (QED) is 0.508. The predicted molar refractivity (Wildman–Crippen MR) is 50.6 cm³/mol. The van der Waals surface area contributed by atoms with Crippen LogP contribution in [0.2, 0.25) is 0 Å². The smallest absolute Gasteiger partial charge is 0.308 e. The van der Waals surface area contributed by atoms with E-state index in [2.05, 4.69) is 0 Å². The first-order valence-corrected chi connectivity index (χ1v) is 5.31. The Morgan fingerprint density at radius 2 is 2.07 bits per heavy atom. The molecule has 0 bridgehead atoms. The van der Waals surface area contributed by atoms with Gasteiger partial charge in [0.1, 0.15) is 6.29 Å². The second-order valence-corrected chi connectivity index (χ2v) is 4.66. The van der Waals surface area contributed by atoms with Crippen molar-refractivity contribution in [2.75, 3.05) is 6.61 Å². The van der Waals surface area contributed by atoms with Crippen LogP contribution in [0.25, 0.3) is 0 Å². The molecule has 2 saturated carbocycles. The Labute approximate surface area is 83.8 Å². The fourth-order valence-corrected chi connectivity index (χ4v) is 2.89. The maximum Gasteiger partial charge on any atom is 0.308 e. The monoisotopic (exact) mass is 196 g/mol. The molecule has 1 spiro atoms. The van der Waals surface area contributed by atoms with Gasteiger partial charge in [0, 0.05) is 5.92 Å². The summed E-state index contributed by atoms with van der Waals surface area (Å²) in [6, 6.07) is 0. The number of carbonyl (C=O) groups is 2. The number of hydrogen-bond acceptors (Lipinski definition) is 3. The van der Waals surface area contributed by atoms with Crippen LogP contribution in [-0.2, 0) is 14.3 Å². The fourth-order valence-electron chi connectivity index (χ4n) is 2.89. The van der Waals surface area contributed by atoms with E-state index in [9.17, 15) is 9.59 Å². The molecule has 0 aliphatic heterocycles. The van der Waals surface area contributed by atoms with E-state index in [1.54, 1.807) is 0 Å². The second-order valence-electron chi connectivity index (χ2n) is 4.66. The molecular formula is C11H16O3. The molecule has 0 radical (unpaired) electrons. The Balaban J connectivity index is 1.75. The number of carbonyl (C=O) groups excluding carboxylic acids is 2. The van der Waals surface area contributed by atoms with Crippen molar-refractivity contribution < 1.29 is 14.3 Å². The van der Waals surface area contributed by atoms with Crippen LogP contribution in [0.3, 0.4) is 0 Å². The normalized spacial score (nSPS) is 39.8. The van der Waals surface area contributed by atoms with Crippen LogP contribution in [0.5, 0.6) is 0 Å². The van der Waals surface area contributed by atoms with Crippen molar-refractivity contribution in [1.29, 1.82) is 0 Å². The first kappa shape index (κ1) is 9.69. The highest BCUT2D eigenvalue weighted by molar-refractivity contribution is 5.74. The lowest BCUT2D eigenvalue weighted by molar-refractivity contribution is -0.164. The average Bonchev–Trinajstić information content (AvgIpc) is 2.00. The van der Waals surface area contributed by atoms with Gasteiger partial charge >= 0.3 is 5.97 Å². The molecule has 2 rings (SSSR count). The highest BCUT2D eigenvalue weighted by Gasteiger charge is 2.55. The molecule has 0 amide bonds. The van der Waals surface area contributed by atoms with E-state index in [1.807, 2.05) is 6.92 Å². The van der Waals surface area contributed by atoms with E-state index >= 15 is 0 Å². The lowest BCUT2D eigenvalue weighted by Crippen LogP contribution is -2.50. The number of hydrogen-bond donors (Lipinski definition) is 0. The van der Waals surface area contributed by atoms with Gasteiger partial charge in [-0.2, -0.15) is 0 Å². The van der Waals surface area contributed by atoms with E-state index in [0.29, 0.717) is 12.0 Å².